The number of fused-ring (bicyclic) bond motifs is 1. The van der Waals surface area contributed by atoms with Gasteiger partial charge >= 0.3 is 18.4 Å². The molecule has 2 aromatic heterocycles. The lowest BCUT2D eigenvalue weighted by molar-refractivity contribution is -0.143. The van der Waals surface area contributed by atoms with Crippen molar-refractivity contribution >= 4 is 23.0 Å². The highest BCUT2D eigenvalue weighted by Crippen LogP contribution is 2.37. The molecule has 0 N–H and O–H groups in total. The number of rotatable bonds is 8. The minimum Gasteiger partial charge on any atom is -0.453 e. The Morgan fingerprint density at radius 3 is 2.20 bits per heavy atom. The summed E-state index contributed by atoms with van der Waals surface area (Å²) in [6, 6.07) is 3.01. The molecule has 0 saturated heterocycles. The van der Waals surface area contributed by atoms with Gasteiger partial charge in [-0.25, -0.2) is 4.79 Å². The van der Waals surface area contributed by atoms with E-state index in [4.69, 9.17) is 9.26 Å². The van der Waals surface area contributed by atoms with E-state index >= 15 is 0 Å². The summed E-state index contributed by atoms with van der Waals surface area (Å²) in [6.45, 7) is 4.21. The Labute approximate surface area is 227 Å². The molecular weight excluding hydrogens is 542 g/mol. The van der Waals surface area contributed by atoms with E-state index in [2.05, 4.69) is 10.1 Å². The van der Waals surface area contributed by atoms with Crippen LogP contribution >= 0.6 is 0 Å². The number of hydrogen-bond acceptors (Lipinski definition) is 6. The number of carbonyl (C=O) groups excluding carboxylic acids is 1. The fraction of sp³-hybridized carbons (Fsp3) is 0.519. The molecule has 0 spiro atoms. The van der Waals surface area contributed by atoms with E-state index in [0.29, 0.717) is 59.3 Å². The van der Waals surface area contributed by atoms with Crippen LogP contribution in [0.15, 0.2) is 28.8 Å². The van der Waals surface area contributed by atoms with Crippen molar-refractivity contribution in [1.29, 1.82) is 0 Å². The Morgan fingerprint density at radius 1 is 1.02 bits per heavy atom. The summed E-state index contributed by atoms with van der Waals surface area (Å²) in [7, 11) is 1.09. The van der Waals surface area contributed by atoms with Gasteiger partial charge < -0.3 is 14.2 Å². The number of benzene rings is 1. The second-order valence-corrected chi connectivity index (χ2v) is 10.0. The first-order chi connectivity index (χ1) is 18.8. The van der Waals surface area contributed by atoms with Gasteiger partial charge in [0.15, 0.2) is 0 Å². The first-order valence-electron chi connectivity index (χ1n) is 12.9. The number of hydrogen-bond donors (Lipinski definition) is 0. The largest absolute Gasteiger partial charge is 0.453 e. The van der Waals surface area contributed by atoms with E-state index in [-0.39, 0.29) is 18.2 Å². The molecule has 3 aromatic rings. The standard InChI is InChI=1S/C27H30F6N4O3/c1-4-36(13-17-7-5-6-8-17)23-19(11-22-16(2)35-40-24(22)34-23)15-37(25(38)39-3)14-18-9-20(26(28,29)30)12-21(10-18)27(31,32)33/h9-12,17H,4-8,13-15H2,1-3H3. The van der Waals surface area contributed by atoms with Crippen LogP contribution in [0.3, 0.4) is 0 Å². The SMILES string of the molecule is CCN(CC1CCCC1)c1nc2onc(C)c2cc1CN(Cc1cc(C(F)(F)F)cc(C(F)(F)F)c1)C(=O)OC. The number of nitrogens with zero attached hydrogens (tertiary/aromatic N) is 4. The van der Waals surface area contributed by atoms with Crippen molar-refractivity contribution in [2.24, 2.45) is 5.92 Å². The fourth-order valence-electron chi connectivity index (χ4n) is 5.13. The van der Waals surface area contributed by atoms with Crippen LogP contribution in [0.2, 0.25) is 0 Å². The van der Waals surface area contributed by atoms with Gasteiger partial charge in [-0.05, 0) is 62.4 Å². The van der Waals surface area contributed by atoms with E-state index < -0.39 is 36.1 Å². The number of ether oxygens (including phenoxy) is 1. The molecule has 40 heavy (non-hydrogen) atoms. The van der Waals surface area contributed by atoms with E-state index in [1.807, 2.05) is 11.8 Å². The summed E-state index contributed by atoms with van der Waals surface area (Å²) in [6.07, 6.45) is -6.53. The predicted octanol–water partition coefficient (Wildman–Crippen LogP) is 7.35. The summed E-state index contributed by atoms with van der Waals surface area (Å²) >= 11 is 0. The molecule has 1 aromatic carbocycles. The van der Waals surface area contributed by atoms with Gasteiger partial charge in [0.25, 0.3) is 5.71 Å². The van der Waals surface area contributed by atoms with Crippen molar-refractivity contribution < 1.29 is 40.4 Å². The highest BCUT2D eigenvalue weighted by molar-refractivity contribution is 5.79. The third kappa shape index (κ3) is 6.61. The Balaban J connectivity index is 1.75. The number of halogens is 6. The van der Waals surface area contributed by atoms with Gasteiger partial charge in [0, 0.05) is 25.2 Å². The first-order valence-corrected chi connectivity index (χ1v) is 12.9. The van der Waals surface area contributed by atoms with Crippen molar-refractivity contribution in [3.05, 3.63) is 52.2 Å². The molecule has 13 heteroatoms. The second kappa shape index (κ2) is 11.5. The Kier molecular flexibility index (Phi) is 8.50. The molecule has 0 atom stereocenters. The van der Waals surface area contributed by atoms with E-state index in [0.717, 1.165) is 37.7 Å². The molecule has 218 valence electrons. The van der Waals surface area contributed by atoms with Crippen LogP contribution in [0.5, 0.6) is 0 Å². The summed E-state index contributed by atoms with van der Waals surface area (Å²) in [5.74, 6) is 0.955. The highest BCUT2D eigenvalue weighted by atomic mass is 19.4. The maximum Gasteiger partial charge on any atom is 0.416 e. The molecule has 7 nitrogen and oxygen atoms in total. The number of carbonyl (C=O) groups is 1. The summed E-state index contributed by atoms with van der Waals surface area (Å²) in [4.78, 5) is 20.6. The van der Waals surface area contributed by atoms with Gasteiger partial charge in [-0.1, -0.05) is 18.0 Å². The number of anilines is 1. The highest BCUT2D eigenvalue weighted by Gasteiger charge is 2.37. The molecule has 1 aliphatic rings. The van der Waals surface area contributed by atoms with Crippen LogP contribution in [0, 0.1) is 12.8 Å². The molecule has 0 aliphatic heterocycles. The molecule has 1 aliphatic carbocycles. The first kappa shape index (κ1) is 29.5. The van der Waals surface area contributed by atoms with E-state index in [1.165, 1.54) is 0 Å². The molecule has 1 amide bonds. The normalized spacial score (nSPS) is 14.6. The van der Waals surface area contributed by atoms with Gasteiger partial charge in [0.2, 0.25) is 0 Å². The van der Waals surface area contributed by atoms with E-state index in [1.54, 1.807) is 13.0 Å². The molecule has 2 heterocycles. The van der Waals surface area contributed by atoms with Gasteiger partial charge in [-0.15, -0.1) is 0 Å². The van der Waals surface area contributed by atoms with Crippen molar-refractivity contribution in [2.75, 3.05) is 25.1 Å². The maximum absolute atomic E-state index is 13.4. The van der Waals surface area contributed by atoms with Gasteiger partial charge in [-0.3, -0.25) is 4.90 Å². The number of methoxy groups -OCH3 is 1. The molecular formula is C27H30F6N4O3. The lowest BCUT2D eigenvalue weighted by Gasteiger charge is -2.29. The van der Waals surface area contributed by atoms with Crippen LogP contribution in [-0.2, 0) is 30.2 Å². The molecule has 0 radical (unpaired) electrons. The topological polar surface area (TPSA) is 71.7 Å². The van der Waals surface area contributed by atoms with Crippen molar-refractivity contribution in [1.82, 2.24) is 15.0 Å². The minimum atomic E-state index is -5.01. The Bertz CT molecular complexity index is 1320. The van der Waals surface area contributed by atoms with Crippen LogP contribution in [0.1, 0.15) is 60.6 Å². The third-order valence-electron chi connectivity index (χ3n) is 7.15. The molecule has 1 saturated carbocycles. The summed E-state index contributed by atoms with van der Waals surface area (Å²) in [5.41, 5.74) is -1.89. The number of amides is 1. The predicted molar refractivity (Wildman–Crippen MR) is 134 cm³/mol. The van der Waals surface area contributed by atoms with Crippen molar-refractivity contribution in [3.63, 3.8) is 0 Å². The quantitative estimate of drug-likeness (QED) is 0.263. The van der Waals surface area contributed by atoms with E-state index in [9.17, 15) is 31.1 Å². The van der Waals surface area contributed by atoms with Gasteiger partial charge in [-0.2, -0.15) is 31.3 Å². The summed E-state index contributed by atoms with van der Waals surface area (Å²) in [5, 5.41) is 4.54. The van der Waals surface area contributed by atoms with Gasteiger partial charge in [0.05, 0.1) is 35.9 Å². The second-order valence-electron chi connectivity index (χ2n) is 10.0. The van der Waals surface area contributed by atoms with Crippen LogP contribution in [0.25, 0.3) is 11.1 Å². The Morgan fingerprint density at radius 2 is 1.65 bits per heavy atom. The minimum absolute atomic E-state index is 0.0543. The number of pyridine rings is 1. The fourth-order valence-corrected chi connectivity index (χ4v) is 5.13. The number of aryl methyl sites for hydroxylation is 1. The lowest BCUT2D eigenvalue weighted by atomic mass is 10.0. The number of aromatic nitrogens is 2. The molecule has 1 fully saturated rings. The average molecular weight is 573 g/mol. The van der Waals surface area contributed by atoms with Gasteiger partial charge in [0.1, 0.15) is 5.82 Å². The number of alkyl halides is 6. The maximum atomic E-state index is 13.4. The molecule has 4 rings (SSSR count). The zero-order chi connectivity index (χ0) is 29.2. The zero-order valence-corrected chi connectivity index (χ0v) is 22.3. The molecule has 0 bridgehead atoms. The molecule has 0 unspecified atom stereocenters. The average Bonchev–Trinajstić information content (AvgIpc) is 3.54. The van der Waals surface area contributed by atoms with Crippen molar-refractivity contribution in [3.8, 4) is 0 Å². The van der Waals surface area contributed by atoms with Crippen LogP contribution < -0.4 is 4.90 Å². The smallest absolute Gasteiger partial charge is 0.416 e. The lowest BCUT2D eigenvalue weighted by Crippen LogP contribution is -2.33. The summed E-state index contributed by atoms with van der Waals surface area (Å²) < 4.78 is 90.9. The zero-order valence-electron chi connectivity index (χ0n) is 22.3. The third-order valence-corrected chi connectivity index (χ3v) is 7.15. The monoisotopic (exact) mass is 572 g/mol. The van der Waals surface area contributed by atoms with Crippen LogP contribution in [0.4, 0.5) is 37.0 Å². The Hall–Kier alpha value is -3.51. The van der Waals surface area contributed by atoms with Crippen molar-refractivity contribution in [2.45, 2.75) is 65.0 Å². The van der Waals surface area contributed by atoms with Crippen LogP contribution in [-0.4, -0.2) is 41.3 Å².